The second kappa shape index (κ2) is 16.9. The first-order chi connectivity index (χ1) is 28.2. The Kier molecular flexibility index (Phi) is 11.5. The van der Waals surface area contributed by atoms with Crippen molar-refractivity contribution in [1.29, 1.82) is 10.5 Å². The molecule has 5 aromatic rings. The number of amides is 1. The molecule has 1 amide bonds. The first kappa shape index (κ1) is 39.6. The summed E-state index contributed by atoms with van der Waals surface area (Å²) in [5.74, 6) is -0.856. The van der Waals surface area contributed by atoms with E-state index in [1.54, 1.807) is 34.9 Å². The van der Waals surface area contributed by atoms with E-state index in [4.69, 9.17) is 32.1 Å². The number of nitriles is 2. The van der Waals surface area contributed by atoms with E-state index < -0.39 is 63.6 Å². The third kappa shape index (κ3) is 8.34. The molecule has 3 saturated heterocycles. The molecule has 24 heteroatoms. The fourth-order valence-corrected chi connectivity index (χ4v) is 10.3. The lowest BCUT2D eigenvalue weighted by molar-refractivity contribution is -0.0532. The number of phosphoric ester groups is 1. The summed E-state index contributed by atoms with van der Waals surface area (Å²) in [5, 5.41) is 21.2. The Hall–Kier alpha value is -5.25. The van der Waals surface area contributed by atoms with Gasteiger partial charge in [0.2, 0.25) is 0 Å². The van der Waals surface area contributed by atoms with Crippen LogP contribution < -0.4 is 10.9 Å². The monoisotopic (exact) mass is 835 g/mol. The van der Waals surface area contributed by atoms with E-state index in [1.807, 2.05) is 12.1 Å². The number of ether oxygens (including phenoxy) is 2. The average molecular weight is 836 g/mol. The summed E-state index contributed by atoms with van der Waals surface area (Å²) in [4.78, 5) is 49.2. The zero-order valence-corrected chi connectivity index (χ0v) is 32.2. The highest BCUT2D eigenvalue weighted by atomic mass is 31.2. The second-order valence-electron chi connectivity index (χ2n) is 13.4. The predicted molar refractivity (Wildman–Crippen MR) is 198 cm³/mol. The van der Waals surface area contributed by atoms with Gasteiger partial charge in [-0.2, -0.15) is 10.5 Å². The van der Waals surface area contributed by atoms with Gasteiger partial charge in [0.15, 0.2) is 28.1 Å². The molecule has 8 rings (SSSR count). The molecular weight excluding hydrogens is 800 g/mol. The third-order valence-electron chi connectivity index (χ3n) is 9.68. The minimum absolute atomic E-state index is 0.0104. The molecule has 3 fully saturated rings. The fourth-order valence-electron chi connectivity index (χ4n) is 6.93. The van der Waals surface area contributed by atoms with E-state index in [1.165, 1.54) is 29.9 Å². The van der Waals surface area contributed by atoms with Gasteiger partial charge in [0.05, 0.1) is 82.7 Å². The number of fused-ring (bicyclic) bond motifs is 4. The van der Waals surface area contributed by atoms with Crippen molar-refractivity contribution in [2.24, 2.45) is 5.92 Å². The Morgan fingerprint density at radius 3 is 2.33 bits per heavy atom. The summed E-state index contributed by atoms with van der Waals surface area (Å²) in [6.45, 7) is -1.24. The van der Waals surface area contributed by atoms with Crippen LogP contribution in [0.2, 0.25) is 0 Å². The number of aromatic amines is 1. The number of phosphoric acid groups is 1. The molecule has 4 aromatic heterocycles. The van der Waals surface area contributed by atoms with Crippen LogP contribution in [0.1, 0.15) is 48.5 Å². The molecule has 3 aliphatic rings. The van der Waals surface area contributed by atoms with Crippen molar-refractivity contribution in [3.63, 3.8) is 0 Å². The smallest absolute Gasteiger partial charge is 0.352 e. The molecule has 0 bridgehead atoms. The number of rotatable bonds is 10. The van der Waals surface area contributed by atoms with Crippen LogP contribution in [0.15, 0.2) is 60.4 Å². The van der Waals surface area contributed by atoms with E-state index in [9.17, 15) is 29.2 Å². The van der Waals surface area contributed by atoms with E-state index in [0.717, 1.165) is 0 Å². The summed E-state index contributed by atoms with van der Waals surface area (Å²) >= 11 is 0. The van der Waals surface area contributed by atoms with Crippen molar-refractivity contribution in [2.75, 3.05) is 37.9 Å². The van der Waals surface area contributed by atoms with Crippen molar-refractivity contribution >= 4 is 49.5 Å². The zero-order chi connectivity index (χ0) is 40.3. The van der Waals surface area contributed by atoms with Crippen LogP contribution >= 0.6 is 15.4 Å². The predicted octanol–water partition coefficient (Wildman–Crippen LogP) is 4.00. The minimum atomic E-state index is -4.47. The molecule has 302 valence electrons. The molecule has 0 saturated carbocycles. The second-order valence-corrected chi connectivity index (χ2v) is 17.1. The highest BCUT2D eigenvalue weighted by Gasteiger charge is 2.48. The lowest BCUT2D eigenvalue weighted by Crippen LogP contribution is -2.32. The van der Waals surface area contributed by atoms with Crippen molar-refractivity contribution in [2.45, 2.75) is 56.5 Å². The number of nitrogens with one attached hydrogen (secondary N) is 2. The summed E-state index contributed by atoms with van der Waals surface area (Å²) in [6, 6.07) is 12.5. The lowest BCUT2D eigenvalue weighted by Gasteiger charge is -2.29. The third-order valence-corrected chi connectivity index (χ3v) is 13.2. The Balaban J connectivity index is 1.08. The maximum absolute atomic E-state index is 14.6. The van der Waals surface area contributed by atoms with Gasteiger partial charge in [-0.1, -0.05) is 18.2 Å². The van der Waals surface area contributed by atoms with Gasteiger partial charge in [-0.25, -0.2) is 29.5 Å². The van der Waals surface area contributed by atoms with E-state index in [2.05, 4.69) is 35.2 Å². The molecule has 7 heterocycles. The largest absolute Gasteiger partial charge is 0.475 e. The number of carbonyl (C=O) groups excluding carboxylic acids is 1. The van der Waals surface area contributed by atoms with Crippen LogP contribution in [0.3, 0.4) is 0 Å². The Morgan fingerprint density at radius 2 is 1.55 bits per heavy atom. The number of H-pyrrole nitrogens is 1. The first-order valence-corrected chi connectivity index (χ1v) is 21.3. The highest BCUT2D eigenvalue weighted by molar-refractivity contribution is 7.53. The van der Waals surface area contributed by atoms with E-state index in [-0.39, 0.29) is 80.8 Å². The molecule has 2 N–H and O–H groups in total. The van der Waals surface area contributed by atoms with Crippen molar-refractivity contribution < 1.29 is 46.0 Å². The molecule has 8 atom stereocenters. The Morgan fingerprint density at radius 1 is 0.862 bits per heavy atom. The van der Waals surface area contributed by atoms with Gasteiger partial charge in [-0.3, -0.25) is 36.9 Å². The van der Waals surface area contributed by atoms with Crippen LogP contribution in [0.5, 0.6) is 0 Å². The average Bonchev–Trinajstić information content (AvgIpc) is 4.02. The molecule has 1 aromatic carbocycles. The van der Waals surface area contributed by atoms with Gasteiger partial charge in [-0.15, -0.1) is 0 Å². The molecule has 0 aliphatic carbocycles. The molecule has 6 unspecified atom stereocenters. The van der Waals surface area contributed by atoms with Crippen LogP contribution in [0, 0.1) is 28.6 Å². The summed E-state index contributed by atoms with van der Waals surface area (Å²) < 4.78 is 74.3. The summed E-state index contributed by atoms with van der Waals surface area (Å²) in [7, 11) is -8.50. The first-order valence-electron chi connectivity index (χ1n) is 18.1. The maximum atomic E-state index is 14.6. The van der Waals surface area contributed by atoms with Crippen LogP contribution in [-0.2, 0) is 41.2 Å². The number of hydrogen-bond acceptors (Lipinski definition) is 18. The van der Waals surface area contributed by atoms with Crippen molar-refractivity contribution in [1.82, 2.24) is 39.0 Å². The fraction of sp³-hybridized carbons (Fsp3) is 0.441. The number of anilines is 1. The Labute approximate surface area is 328 Å². The van der Waals surface area contributed by atoms with E-state index in [0.29, 0.717) is 11.2 Å². The molecule has 22 nitrogen and oxygen atoms in total. The van der Waals surface area contributed by atoms with Gasteiger partial charge in [-0.05, 0) is 18.6 Å². The Bertz CT molecular complexity index is 2540. The lowest BCUT2D eigenvalue weighted by atomic mass is 10.0. The van der Waals surface area contributed by atoms with Gasteiger partial charge in [0, 0.05) is 17.9 Å². The van der Waals surface area contributed by atoms with Crippen molar-refractivity contribution in [3.8, 4) is 12.1 Å². The van der Waals surface area contributed by atoms with Crippen LogP contribution in [0.4, 0.5) is 5.82 Å². The number of aromatic nitrogens is 8. The van der Waals surface area contributed by atoms with Crippen LogP contribution in [-0.4, -0.2) is 95.8 Å². The van der Waals surface area contributed by atoms with Gasteiger partial charge in [0.25, 0.3) is 11.5 Å². The number of nitrogens with zero attached hydrogens (tertiary/aromatic N) is 9. The molecule has 58 heavy (non-hydrogen) atoms. The number of hydrogen-bond donors (Lipinski definition) is 2. The topological polar surface area (TPSA) is 283 Å². The highest BCUT2D eigenvalue weighted by Crippen LogP contribution is 2.58. The number of carbonyl (C=O) groups is 1. The number of benzene rings is 1. The van der Waals surface area contributed by atoms with Gasteiger partial charge >= 0.3 is 15.4 Å². The zero-order valence-electron chi connectivity index (χ0n) is 30.4. The molecule has 0 spiro atoms. The SMILES string of the molecule is N#CCCOP1(=O)C[C@H]2CC(n3cnc4c(NC(=O)c5ccccc5)ncnc43)OC2COP(=O)(OCCC#N)O[C@H]2CC(n3cnc4c(=O)[nH]cnc43)OC2CO1. The molecular formula is C34H35N11O11P2. The normalized spacial score (nSPS) is 28.8. The number of imidazole rings is 2. The van der Waals surface area contributed by atoms with Gasteiger partial charge < -0.3 is 28.8 Å². The maximum Gasteiger partial charge on any atom is 0.475 e. The minimum Gasteiger partial charge on any atom is -0.352 e. The van der Waals surface area contributed by atoms with E-state index >= 15 is 0 Å². The standard InChI is InChI=1S/C34H35N11O11P2/c35-8-4-10-50-57(48)16-22-12-26(44-19-41-28-30(37-17-38-31(28)44)43-33(46)21-6-2-1-3-7-21)54-24(22)14-53-58(49,51-11-5-9-36)56-23-13-27(55-25(23)15-52-57)45-20-42-29-32(45)39-18-40-34(29)47/h1-3,6-7,17-20,22-27H,4-5,10-16H2,(H,39,40,47)(H,37,38,43,46)/t22-,23+,24?,25?,26?,27?,57?,58?/m1/s1. The molecule has 3 aliphatic heterocycles. The van der Waals surface area contributed by atoms with Crippen molar-refractivity contribution in [3.05, 3.63) is 71.6 Å². The quantitative estimate of drug-likeness (QED) is 0.148. The summed E-state index contributed by atoms with van der Waals surface area (Å²) in [6.07, 6.45) is 0.488. The summed E-state index contributed by atoms with van der Waals surface area (Å²) in [5.41, 5.74) is 0.840. The van der Waals surface area contributed by atoms with Gasteiger partial charge in [0.1, 0.15) is 31.0 Å². The molecule has 0 radical (unpaired) electrons. The van der Waals surface area contributed by atoms with Crippen LogP contribution in [0.25, 0.3) is 22.3 Å².